The number of carbonyl (C=O) groups is 1. The number of rotatable bonds is 3. The summed E-state index contributed by atoms with van der Waals surface area (Å²) in [4.78, 5) is 25.7. The summed E-state index contributed by atoms with van der Waals surface area (Å²) in [5.74, 6) is 0.730. The van der Waals surface area contributed by atoms with Gasteiger partial charge in [-0.25, -0.2) is 14.6 Å². The number of amides is 1. The van der Waals surface area contributed by atoms with Crippen LogP contribution in [-0.4, -0.2) is 43.7 Å². The Kier molecular flexibility index (Phi) is 6.48. The topological polar surface area (TPSA) is 73.1 Å². The summed E-state index contributed by atoms with van der Waals surface area (Å²) >= 11 is 12.7. The van der Waals surface area contributed by atoms with Gasteiger partial charge in [-0.2, -0.15) is 5.10 Å². The number of benzene rings is 1. The highest BCUT2D eigenvalue weighted by Crippen LogP contribution is 2.47. The van der Waals surface area contributed by atoms with Crippen molar-refractivity contribution in [1.82, 2.24) is 24.6 Å². The van der Waals surface area contributed by atoms with Crippen LogP contribution in [0.1, 0.15) is 90.6 Å². The second kappa shape index (κ2) is 9.77. The molecule has 0 N–H and O–H groups in total. The highest BCUT2D eigenvalue weighted by atomic mass is 35.5. The second-order valence-corrected chi connectivity index (χ2v) is 10.7. The van der Waals surface area contributed by atoms with Gasteiger partial charge in [-0.15, -0.1) is 0 Å². The first-order valence-electron chi connectivity index (χ1n) is 12.8. The number of hydrogen-bond acceptors (Lipinski definition) is 5. The Hall–Kier alpha value is -2.48. The molecule has 1 amide bonds. The van der Waals surface area contributed by atoms with Crippen LogP contribution in [0.3, 0.4) is 0 Å². The fourth-order valence-electron chi connectivity index (χ4n) is 6.01. The van der Waals surface area contributed by atoms with Crippen LogP contribution in [-0.2, 0) is 4.74 Å². The number of likely N-dealkylation sites (tertiary alicyclic amines) is 1. The molecule has 9 heteroatoms. The van der Waals surface area contributed by atoms with Crippen LogP contribution < -0.4 is 0 Å². The molecule has 0 spiro atoms. The molecule has 1 aliphatic carbocycles. The molecule has 2 aliphatic heterocycles. The van der Waals surface area contributed by atoms with Crippen LogP contribution in [0.2, 0.25) is 10.0 Å². The molecule has 6 rings (SSSR count). The van der Waals surface area contributed by atoms with E-state index in [9.17, 15) is 4.79 Å². The van der Waals surface area contributed by atoms with Crippen molar-refractivity contribution in [2.75, 3.05) is 13.2 Å². The molecular weight excluding hydrogens is 497 g/mol. The van der Waals surface area contributed by atoms with E-state index in [2.05, 4.69) is 5.10 Å². The molecule has 1 fully saturated rings. The quantitative estimate of drug-likeness (QED) is 0.389. The lowest BCUT2D eigenvalue weighted by Gasteiger charge is -2.43. The van der Waals surface area contributed by atoms with Crippen molar-refractivity contribution in [2.24, 2.45) is 0 Å². The Morgan fingerprint density at radius 3 is 2.72 bits per heavy atom. The van der Waals surface area contributed by atoms with Gasteiger partial charge in [-0.3, -0.25) is 4.79 Å². The second-order valence-electron chi connectivity index (χ2n) is 9.96. The van der Waals surface area contributed by atoms with Crippen LogP contribution in [0.15, 0.2) is 30.5 Å². The van der Waals surface area contributed by atoms with Crippen molar-refractivity contribution in [3.8, 4) is 11.4 Å². The first-order valence-corrected chi connectivity index (χ1v) is 13.6. The monoisotopic (exact) mass is 525 g/mol. The van der Waals surface area contributed by atoms with Gasteiger partial charge in [-0.1, -0.05) is 42.1 Å². The van der Waals surface area contributed by atoms with E-state index in [1.54, 1.807) is 18.2 Å². The number of aromatic nitrogens is 4. The minimum Gasteiger partial charge on any atom is -0.356 e. The fourth-order valence-corrected chi connectivity index (χ4v) is 6.39. The average Bonchev–Trinajstić information content (AvgIpc) is 3.35. The van der Waals surface area contributed by atoms with E-state index in [1.165, 1.54) is 0 Å². The van der Waals surface area contributed by atoms with Crippen LogP contribution >= 0.6 is 23.2 Å². The normalized spacial score (nSPS) is 23.8. The van der Waals surface area contributed by atoms with E-state index < -0.39 is 0 Å². The summed E-state index contributed by atoms with van der Waals surface area (Å²) in [6, 6.07) is 7.13. The van der Waals surface area contributed by atoms with E-state index in [-0.39, 0.29) is 24.1 Å². The molecule has 3 unspecified atom stereocenters. The van der Waals surface area contributed by atoms with Crippen LogP contribution in [0.25, 0.3) is 11.4 Å². The van der Waals surface area contributed by atoms with Gasteiger partial charge in [0, 0.05) is 30.8 Å². The van der Waals surface area contributed by atoms with Crippen molar-refractivity contribution in [3.63, 3.8) is 0 Å². The van der Waals surface area contributed by atoms with Gasteiger partial charge in [0.1, 0.15) is 5.82 Å². The summed E-state index contributed by atoms with van der Waals surface area (Å²) in [6.07, 6.45) is 8.87. The SMILES string of the molecule is Cc1nc(-c2ccnn2C2CCCCO2)c2c(n1)C1CCCCC2CN1C(=O)c1cccc(Cl)c1Cl. The van der Waals surface area contributed by atoms with E-state index in [1.807, 2.05) is 28.8 Å². The molecule has 2 aromatic heterocycles. The standard InChI is InChI=1S/C27H29Cl2N5O2/c1-16-31-25-20-10-3-2-7-17(15-33(20)27(35)18-8-6-9-19(28)24(18)29)23(25)26(32-16)21-12-13-30-34(21)22-11-4-5-14-36-22/h6,8-9,12-13,17,20,22H,2-5,7,10-11,14-15H2,1H3. The Labute approximate surface area is 220 Å². The molecule has 2 bridgehead atoms. The van der Waals surface area contributed by atoms with Gasteiger partial charge < -0.3 is 9.64 Å². The van der Waals surface area contributed by atoms with E-state index in [4.69, 9.17) is 37.9 Å². The maximum absolute atomic E-state index is 13.8. The van der Waals surface area contributed by atoms with Crippen molar-refractivity contribution in [2.45, 2.75) is 70.1 Å². The van der Waals surface area contributed by atoms with Crippen LogP contribution in [0.5, 0.6) is 0 Å². The van der Waals surface area contributed by atoms with E-state index in [0.29, 0.717) is 28.0 Å². The molecule has 1 saturated heterocycles. The first kappa shape index (κ1) is 23.9. The maximum atomic E-state index is 13.8. The number of ether oxygens (including phenoxy) is 1. The smallest absolute Gasteiger partial charge is 0.256 e. The summed E-state index contributed by atoms with van der Waals surface area (Å²) < 4.78 is 8.05. The number of aryl methyl sites for hydroxylation is 1. The molecule has 4 heterocycles. The predicted molar refractivity (Wildman–Crippen MR) is 138 cm³/mol. The summed E-state index contributed by atoms with van der Waals surface area (Å²) in [6.45, 7) is 3.28. The fraction of sp³-hybridized carbons (Fsp3) is 0.481. The summed E-state index contributed by atoms with van der Waals surface area (Å²) in [5, 5.41) is 5.33. The zero-order valence-corrected chi connectivity index (χ0v) is 21.8. The third-order valence-corrected chi connectivity index (χ3v) is 8.49. The Morgan fingerprint density at radius 1 is 1.06 bits per heavy atom. The van der Waals surface area contributed by atoms with E-state index in [0.717, 1.165) is 74.2 Å². The summed E-state index contributed by atoms with van der Waals surface area (Å²) in [5.41, 5.74) is 4.44. The Morgan fingerprint density at radius 2 is 1.89 bits per heavy atom. The van der Waals surface area contributed by atoms with Crippen LogP contribution in [0, 0.1) is 6.92 Å². The van der Waals surface area contributed by atoms with Gasteiger partial charge in [0.2, 0.25) is 0 Å². The first-order chi connectivity index (χ1) is 17.5. The largest absolute Gasteiger partial charge is 0.356 e. The summed E-state index contributed by atoms with van der Waals surface area (Å²) in [7, 11) is 0. The van der Waals surface area contributed by atoms with Gasteiger partial charge in [-0.05, 0) is 57.2 Å². The van der Waals surface area contributed by atoms with E-state index >= 15 is 0 Å². The van der Waals surface area contributed by atoms with Gasteiger partial charge in [0.25, 0.3) is 5.91 Å². The third kappa shape index (κ3) is 4.11. The predicted octanol–water partition coefficient (Wildman–Crippen LogP) is 6.51. The molecule has 0 radical (unpaired) electrons. The Balaban J connectivity index is 1.46. The zero-order chi connectivity index (χ0) is 24.8. The average molecular weight is 526 g/mol. The van der Waals surface area contributed by atoms with Crippen molar-refractivity contribution < 1.29 is 9.53 Å². The van der Waals surface area contributed by atoms with Crippen molar-refractivity contribution >= 4 is 29.1 Å². The van der Waals surface area contributed by atoms with Crippen LogP contribution in [0.4, 0.5) is 0 Å². The molecule has 3 atom stereocenters. The molecule has 0 saturated carbocycles. The minimum absolute atomic E-state index is 0.0801. The lowest BCUT2D eigenvalue weighted by atomic mass is 9.79. The van der Waals surface area contributed by atoms with Crippen molar-refractivity contribution in [1.29, 1.82) is 0 Å². The molecule has 3 aromatic rings. The lowest BCUT2D eigenvalue weighted by Crippen LogP contribution is -2.44. The number of nitrogens with zero attached hydrogens (tertiary/aromatic N) is 5. The molecule has 3 aliphatic rings. The highest BCUT2D eigenvalue weighted by Gasteiger charge is 2.41. The molecule has 188 valence electrons. The number of carbonyl (C=O) groups excluding carboxylic acids is 1. The zero-order valence-electron chi connectivity index (χ0n) is 20.3. The highest BCUT2D eigenvalue weighted by molar-refractivity contribution is 6.43. The van der Waals surface area contributed by atoms with Gasteiger partial charge in [0.05, 0.1) is 38.7 Å². The molecular formula is C27H29Cl2N5O2. The number of hydrogen-bond donors (Lipinski definition) is 0. The van der Waals surface area contributed by atoms with Gasteiger partial charge >= 0.3 is 0 Å². The molecule has 1 aromatic carbocycles. The molecule has 36 heavy (non-hydrogen) atoms. The molecule has 7 nitrogen and oxygen atoms in total. The maximum Gasteiger partial charge on any atom is 0.256 e. The number of halogens is 2. The lowest BCUT2D eigenvalue weighted by molar-refractivity contribution is -0.0384. The van der Waals surface area contributed by atoms with Gasteiger partial charge in [0.15, 0.2) is 6.23 Å². The minimum atomic E-state index is -0.137. The third-order valence-electron chi connectivity index (χ3n) is 7.67. The Bertz CT molecular complexity index is 1300. The van der Waals surface area contributed by atoms with Crippen molar-refractivity contribution in [3.05, 3.63) is 63.2 Å².